The fourth-order valence-corrected chi connectivity index (χ4v) is 6.96. The molecule has 0 radical (unpaired) electrons. The summed E-state index contributed by atoms with van der Waals surface area (Å²) in [5, 5.41) is 9.65. The average molecular weight is 496 g/mol. The number of methoxy groups -OCH3 is 1. The molecule has 3 aromatic carbocycles. The van der Waals surface area contributed by atoms with Gasteiger partial charge in [0, 0.05) is 24.9 Å². The topological polar surface area (TPSA) is 79.5 Å². The van der Waals surface area contributed by atoms with Crippen LogP contribution in [0, 0.1) is 17.8 Å². The maximum atomic E-state index is 13.4. The van der Waals surface area contributed by atoms with Gasteiger partial charge < -0.3 is 20.7 Å². The molecule has 3 N–H and O–H groups in total. The molecule has 0 spiro atoms. The van der Waals surface area contributed by atoms with Gasteiger partial charge in [0.05, 0.1) is 23.9 Å². The summed E-state index contributed by atoms with van der Waals surface area (Å²) >= 11 is 0. The van der Waals surface area contributed by atoms with Crippen LogP contribution in [0.3, 0.4) is 0 Å². The number of rotatable bonds is 7. The molecule has 6 heteroatoms. The Labute approximate surface area is 217 Å². The molecule has 1 heterocycles. The largest absolute Gasteiger partial charge is 0.383 e. The second-order valence-electron chi connectivity index (χ2n) is 10.5. The molecule has 6 nitrogen and oxygen atoms in total. The van der Waals surface area contributed by atoms with E-state index in [4.69, 9.17) is 4.74 Å². The van der Waals surface area contributed by atoms with Crippen LogP contribution in [0.2, 0.25) is 0 Å². The van der Waals surface area contributed by atoms with Gasteiger partial charge in [-0.3, -0.25) is 9.59 Å². The van der Waals surface area contributed by atoms with Gasteiger partial charge in [0.15, 0.2) is 0 Å². The van der Waals surface area contributed by atoms with Gasteiger partial charge in [-0.2, -0.15) is 0 Å². The van der Waals surface area contributed by atoms with Crippen molar-refractivity contribution >= 4 is 23.2 Å². The van der Waals surface area contributed by atoms with Gasteiger partial charge in [-0.15, -0.1) is 0 Å². The van der Waals surface area contributed by atoms with E-state index in [1.165, 1.54) is 30.4 Å². The third-order valence-corrected chi connectivity index (χ3v) is 8.52. The lowest BCUT2D eigenvalue weighted by Gasteiger charge is -2.43. The molecule has 1 aliphatic heterocycles. The molecule has 2 saturated carbocycles. The molecule has 3 aromatic rings. The Balaban J connectivity index is 1.27. The molecule has 0 aromatic heterocycles. The van der Waals surface area contributed by atoms with Crippen LogP contribution in [0.15, 0.2) is 72.8 Å². The van der Waals surface area contributed by atoms with Gasteiger partial charge in [-0.1, -0.05) is 42.5 Å². The number of carbonyl (C=O) groups is 2. The molecular weight excluding hydrogens is 462 g/mol. The molecule has 2 aliphatic carbocycles. The predicted molar refractivity (Wildman–Crippen MR) is 145 cm³/mol. The first-order valence-corrected chi connectivity index (χ1v) is 13.3. The Kier molecular flexibility index (Phi) is 6.43. The normalized spacial score (nSPS) is 25.1. The SMILES string of the molecule is COCCNC(=O)c1ccccc1NC(=O)c1ccc2c(c1)[C@@H]1[C@H]3CC[C@@H](C3)[C@H]1[C@@H](c1ccccc1)N2. The van der Waals surface area contributed by atoms with E-state index in [0.29, 0.717) is 53.8 Å². The minimum absolute atomic E-state index is 0.204. The highest BCUT2D eigenvalue weighted by molar-refractivity contribution is 6.09. The first kappa shape index (κ1) is 23.7. The van der Waals surface area contributed by atoms with Crippen molar-refractivity contribution in [1.82, 2.24) is 5.32 Å². The molecule has 2 amide bonds. The summed E-state index contributed by atoms with van der Waals surface area (Å²) in [6.45, 7) is 0.836. The Morgan fingerprint density at radius 3 is 2.57 bits per heavy atom. The number of hydrogen-bond donors (Lipinski definition) is 3. The van der Waals surface area contributed by atoms with Crippen molar-refractivity contribution < 1.29 is 14.3 Å². The van der Waals surface area contributed by atoms with Crippen molar-refractivity contribution in [3.63, 3.8) is 0 Å². The molecule has 5 atom stereocenters. The van der Waals surface area contributed by atoms with E-state index < -0.39 is 0 Å². The number of carbonyl (C=O) groups excluding carboxylic acids is 2. The average Bonchev–Trinajstić information content (AvgIpc) is 3.56. The summed E-state index contributed by atoms with van der Waals surface area (Å²) < 4.78 is 5.02. The van der Waals surface area contributed by atoms with Gasteiger partial charge in [0.25, 0.3) is 11.8 Å². The first-order chi connectivity index (χ1) is 18.1. The lowest BCUT2D eigenvalue weighted by molar-refractivity contribution is 0.0938. The van der Waals surface area contributed by atoms with Crippen molar-refractivity contribution in [2.75, 3.05) is 30.9 Å². The minimum Gasteiger partial charge on any atom is -0.383 e. The summed E-state index contributed by atoms with van der Waals surface area (Å²) in [4.78, 5) is 26.1. The van der Waals surface area contributed by atoms with E-state index in [2.05, 4.69) is 58.4 Å². The van der Waals surface area contributed by atoms with Crippen LogP contribution in [0.4, 0.5) is 11.4 Å². The predicted octanol–water partition coefficient (Wildman–Crippen LogP) is 5.61. The van der Waals surface area contributed by atoms with Crippen molar-refractivity contribution in [2.24, 2.45) is 17.8 Å². The maximum Gasteiger partial charge on any atom is 0.255 e. The number of fused-ring (bicyclic) bond motifs is 7. The highest BCUT2D eigenvalue weighted by atomic mass is 16.5. The van der Waals surface area contributed by atoms with Crippen LogP contribution in [-0.2, 0) is 4.74 Å². The summed E-state index contributed by atoms with van der Waals surface area (Å²) in [7, 11) is 1.59. The maximum absolute atomic E-state index is 13.4. The fraction of sp³-hybridized carbons (Fsp3) is 0.355. The standard InChI is InChI=1S/C31H33N3O3/c1-37-16-15-32-31(36)23-9-5-6-10-25(23)34-30(35)22-13-14-26-24(18-22)27-20-11-12-21(17-20)28(27)29(33-26)19-7-3-2-4-8-19/h2-10,13-14,18,20-21,27-29,33H,11-12,15-17H2,1H3,(H,32,36)(H,34,35)/t20-,21-,27-,28+,29+/m0/s1. The summed E-state index contributed by atoms with van der Waals surface area (Å²) in [6.07, 6.45) is 3.85. The Bertz CT molecular complexity index is 1310. The van der Waals surface area contributed by atoms with Crippen LogP contribution in [0.5, 0.6) is 0 Å². The van der Waals surface area contributed by atoms with Gasteiger partial charge in [0.2, 0.25) is 0 Å². The first-order valence-electron chi connectivity index (χ1n) is 13.3. The van der Waals surface area contributed by atoms with Gasteiger partial charge in [0.1, 0.15) is 0 Å². The molecule has 2 fully saturated rings. The molecule has 37 heavy (non-hydrogen) atoms. The van der Waals surface area contributed by atoms with Crippen molar-refractivity contribution in [3.05, 3.63) is 95.1 Å². The van der Waals surface area contributed by atoms with Gasteiger partial charge in [-0.25, -0.2) is 0 Å². The van der Waals surface area contributed by atoms with E-state index in [1.807, 2.05) is 12.1 Å². The molecule has 2 bridgehead atoms. The van der Waals surface area contributed by atoms with Crippen LogP contribution in [0.1, 0.15) is 63.1 Å². The fourth-order valence-electron chi connectivity index (χ4n) is 6.96. The van der Waals surface area contributed by atoms with Crippen LogP contribution in [-0.4, -0.2) is 32.1 Å². The number of anilines is 2. The molecular formula is C31H33N3O3. The number of nitrogens with one attached hydrogen (secondary N) is 3. The zero-order chi connectivity index (χ0) is 25.4. The van der Waals surface area contributed by atoms with Gasteiger partial charge >= 0.3 is 0 Å². The summed E-state index contributed by atoms with van der Waals surface area (Å²) in [5.74, 6) is 1.97. The third kappa shape index (κ3) is 4.40. The third-order valence-electron chi connectivity index (χ3n) is 8.52. The smallest absolute Gasteiger partial charge is 0.255 e. The number of para-hydroxylation sites is 1. The number of amides is 2. The number of ether oxygens (including phenoxy) is 1. The van der Waals surface area contributed by atoms with Crippen molar-refractivity contribution in [2.45, 2.75) is 31.2 Å². The summed E-state index contributed by atoms with van der Waals surface area (Å²) in [6, 6.07) is 24.2. The lowest BCUT2D eigenvalue weighted by Crippen LogP contribution is -2.35. The zero-order valence-electron chi connectivity index (χ0n) is 21.1. The molecule has 190 valence electrons. The zero-order valence-corrected chi connectivity index (χ0v) is 21.1. The second kappa shape index (κ2) is 10.0. The van der Waals surface area contributed by atoms with E-state index in [0.717, 1.165) is 11.6 Å². The van der Waals surface area contributed by atoms with E-state index in [9.17, 15) is 9.59 Å². The Morgan fingerprint density at radius 1 is 0.946 bits per heavy atom. The van der Waals surface area contributed by atoms with Crippen LogP contribution in [0.25, 0.3) is 0 Å². The van der Waals surface area contributed by atoms with E-state index in [-0.39, 0.29) is 11.8 Å². The van der Waals surface area contributed by atoms with E-state index >= 15 is 0 Å². The quantitative estimate of drug-likeness (QED) is 0.372. The monoisotopic (exact) mass is 495 g/mol. The molecule has 3 aliphatic rings. The molecule has 0 unspecified atom stereocenters. The minimum atomic E-state index is -0.237. The lowest BCUT2D eigenvalue weighted by atomic mass is 9.68. The highest BCUT2D eigenvalue weighted by Gasteiger charge is 2.53. The van der Waals surface area contributed by atoms with Crippen molar-refractivity contribution in [1.29, 1.82) is 0 Å². The second-order valence-corrected chi connectivity index (χ2v) is 10.5. The van der Waals surface area contributed by atoms with Gasteiger partial charge in [-0.05, 0) is 84.4 Å². The molecule has 0 saturated heterocycles. The van der Waals surface area contributed by atoms with Crippen LogP contribution < -0.4 is 16.0 Å². The Hall–Kier alpha value is -3.64. The number of hydrogen-bond acceptors (Lipinski definition) is 4. The van der Waals surface area contributed by atoms with Crippen molar-refractivity contribution in [3.8, 4) is 0 Å². The summed E-state index contributed by atoms with van der Waals surface area (Å²) in [5.41, 5.74) is 5.30. The number of benzene rings is 3. The molecule has 6 rings (SSSR count). The van der Waals surface area contributed by atoms with Crippen LogP contribution >= 0.6 is 0 Å². The highest BCUT2D eigenvalue weighted by Crippen LogP contribution is 2.63. The van der Waals surface area contributed by atoms with E-state index in [1.54, 1.807) is 25.3 Å². The Morgan fingerprint density at radius 2 is 1.73 bits per heavy atom.